The molecule has 156 valence electrons. The summed E-state index contributed by atoms with van der Waals surface area (Å²) in [6.45, 7) is 0. The van der Waals surface area contributed by atoms with Crippen molar-refractivity contribution >= 4 is 51.7 Å². The van der Waals surface area contributed by atoms with Crippen LogP contribution < -0.4 is 10.6 Å². The quantitative estimate of drug-likeness (QED) is 0.387. The number of hydrogen-bond donors (Lipinski definition) is 2. The van der Waals surface area contributed by atoms with Gasteiger partial charge in [-0.15, -0.1) is 0 Å². The minimum atomic E-state index is -0.512. The van der Waals surface area contributed by atoms with Gasteiger partial charge in [-0.1, -0.05) is 23.7 Å². The van der Waals surface area contributed by atoms with Crippen LogP contribution in [-0.4, -0.2) is 15.9 Å². The Morgan fingerprint density at radius 2 is 1.91 bits per heavy atom. The van der Waals surface area contributed by atoms with E-state index in [4.69, 9.17) is 16.9 Å². The predicted octanol–water partition coefficient (Wildman–Crippen LogP) is 5.69. The summed E-state index contributed by atoms with van der Waals surface area (Å²) in [5.74, 6) is -0.358. The van der Waals surface area contributed by atoms with Crippen LogP contribution in [0.4, 0.5) is 21.6 Å². The van der Waals surface area contributed by atoms with E-state index in [1.807, 2.05) is 0 Å². The number of nitrogens with one attached hydrogen (secondary N) is 2. The summed E-state index contributed by atoms with van der Waals surface area (Å²) in [6.07, 6.45) is 4.43. The normalized spacial score (nSPS) is 10.8. The van der Waals surface area contributed by atoms with Crippen LogP contribution in [-0.2, 0) is 4.79 Å². The maximum atomic E-state index is 13.4. The number of nitriles is 1. The van der Waals surface area contributed by atoms with Crippen LogP contribution in [0.1, 0.15) is 11.1 Å². The lowest BCUT2D eigenvalue weighted by molar-refractivity contribution is -0.111. The van der Waals surface area contributed by atoms with Crippen LogP contribution in [0.5, 0.6) is 0 Å². The first-order valence-electron chi connectivity index (χ1n) is 9.48. The predicted molar refractivity (Wildman–Crippen MR) is 123 cm³/mol. The molecule has 0 aliphatic heterocycles. The molecule has 0 aliphatic rings. The van der Waals surface area contributed by atoms with Gasteiger partial charge in [0.05, 0.1) is 22.2 Å². The Balaban J connectivity index is 1.55. The van der Waals surface area contributed by atoms with Crippen molar-refractivity contribution in [2.45, 2.75) is 0 Å². The van der Waals surface area contributed by atoms with Crippen molar-refractivity contribution in [1.82, 2.24) is 9.97 Å². The highest BCUT2D eigenvalue weighted by Gasteiger charge is 2.08. The zero-order valence-corrected chi connectivity index (χ0v) is 17.3. The maximum Gasteiger partial charge on any atom is 0.248 e. The number of carbonyl (C=O) groups is 1. The zero-order chi connectivity index (χ0) is 22.5. The summed E-state index contributed by atoms with van der Waals surface area (Å²) in [7, 11) is 0. The molecular formula is C24H15ClFN5O. The van der Waals surface area contributed by atoms with Gasteiger partial charge >= 0.3 is 0 Å². The molecule has 0 atom stereocenters. The SMILES string of the molecule is N#Cc1cccc(/C=C/C(=O)Nc2ccc3ncnc(Nc4ccc(F)c(Cl)c4)c3c2)c1. The molecule has 0 aliphatic carbocycles. The standard InChI is InChI=1S/C24H15ClFN5O/c25-20-12-18(5-7-21(20)26)31-24-19-11-17(6-8-22(19)28-14-29-24)30-23(32)9-4-15-2-1-3-16(10-15)13-27/h1-12,14H,(H,30,32)(H,28,29,31)/b9-4+. The number of aromatic nitrogens is 2. The molecular weight excluding hydrogens is 429 g/mol. The number of hydrogen-bond acceptors (Lipinski definition) is 5. The van der Waals surface area contributed by atoms with Gasteiger partial charge in [0.25, 0.3) is 0 Å². The second-order valence-corrected chi connectivity index (χ2v) is 7.18. The van der Waals surface area contributed by atoms with Gasteiger partial charge in [0, 0.05) is 22.8 Å². The molecule has 0 spiro atoms. The molecule has 1 heterocycles. The molecule has 0 radical (unpaired) electrons. The van der Waals surface area contributed by atoms with Crippen molar-refractivity contribution in [2.75, 3.05) is 10.6 Å². The first kappa shape index (κ1) is 21.0. The maximum absolute atomic E-state index is 13.4. The van der Waals surface area contributed by atoms with Gasteiger partial charge in [-0.3, -0.25) is 4.79 Å². The highest BCUT2D eigenvalue weighted by atomic mass is 35.5. The molecule has 32 heavy (non-hydrogen) atoms. The van der Waals surface area contributed by atoms with Gasteiger partial charge in [-0.05, 0) is 60.2 Å². The second-order valence-electron chi connectivity index (χ2n) is 6.77. The average molecular weight is 444 g/mol. The number of benzene rings is 3. The van der Waals surface area contributed by atoms with Gasteiger partial charge in [0.2, 0.25) is 5.91 Å². The van der Waals surface area contributed by atoms with Crippen molar-refractivity contribution in [3.05, 3.63) is 95.0 Å². The Bertz CT molecular complexity index is 1400. The Kier molecular flexibility index (Phi) is 6.06. The Hall–Kier alpha value is -4.28. The number of amides is 1. The Labute approximate surface area is 188 Å². The van der Waals surface area contributed by atoms with Crippen LogP contribution in [0.15, 0.2) is 73.1 Å². The molecule has 1 aromatic heterocycles. The van der Waals surface area contributed by atoms with E-state index < -0.39 is 5.82 Å². The fourth-order valence-corrected chi connectivity index (χ4v) is 3.19. The van der Waals surface area contributed by atoms with Crippen molar-refractivity contribution in [1.29, 1.82) is 5.26 Å². The summed E-state index contributed by atoms with van der Waals surface area (Å²) >= 11 is 5.85. The molecule has 2 N–H and O–H groups in total. The first-order chi connectivity index (χ1) is 15.5. The van der Waals surface area contributed by atoms with Crippen LogP contribution in [0.25, 0.3) is 17.0 Å². The number of fused-ring (bicyclic) bond motifs is 1. The average Bonchev–Trinajstić information content (AvgIpc) is 2.80. The van der Waals surface area contributed by atoms with Crippen LogP contribution >= 0.6 is 11.6 Å². The van der Waals surface area contributed by atoms with Gasteiger partial charge in [0.1, 0.15) is 18.0 Å². The summed E-state index contributed by atoms with van der Waals surface area (Å²) in [5, 5.41) is 15.5. The smallest absolute Gasteiger partial charge is 0.248 e. The number of anilines is 3. The van der Waals surface area contributed by atoms with E-state index in [2.05, 4.69) is 26.7 Å². The van der Waals surface area contributed by atoms with E-state index >= 15 is 0 Å². The number of halogens is 2. The van der Waals surface area contributed by atoms with E-state index in [1.165, 1.54) is 24.5 Å². The van der Waals surface area contributed by atoms with E-state index in [1.54, 1.807) is 54.6 Å². The lowest BCUT2D eigenvalue weighted by Gasteiger charge is -2.10. The van der Waals surface area contributed by atoms with Gasteiger partial charge in [-0.2, -0.15) is 5.26 Å². The first-order valence-corrected chi connectivity index (χ1v) is 9.86. The minimum Gasteiger partial charge on any atom is -0.340 e. The second kappa shape index (κ2) is 9.25. The van der Waals surface area contributed by atoms with E-state index in [-0.39, 0.29) is 10.9 Å². The van der Waals surface area contributed by atoms with Crippen LogP contribution in [0.2, 0.25) is 5.02 Å². The number of nitrogens with zero attached hydrogens (tertiary/aromatic N) is 3. The molecule has 0 bridgehead atoms. The van der Waals surface area contributed by atoms with E-state index in [0.717, 1.165) is 5.56 Å². The van der Waals surface area contributed by atoms with Crippen molar-refractivity contribution in [3.8, 4) is 6.07 Å². The molecule has 6 nitrogen and oxygen atoms in total. The van der Waals surface area contributed by atoms with Crippen molar-refractivity contribution < 1.29 is 9.18 Å². The lowest BCUT2D eigenvalue weighted by atomic mass is 10.1. The molecule has 0 saturated carbocycles. The molecule has 4 aromatic rings. The van der Waals surface area contributed by atoms with Crippen molar-refractivity contribution in [3.63, 3.8) is 0 Å². The van der Waals surface area contributed by atoms with Gasteiger partial charge in [-0.25, -0.2) is 14.4 Å². The summed E-state index contributed by atoms with van der Waals surface area (Å²) in [6, 6.07) is 18.5. The summed E-state index contributed by atoms with van der Waals surface area (Å²) in [4.78, 5) is 20.9. The number of carbonyl (C=O) groups excluding carboxylic acids is 1. The van der Waals surface area contributed by atoms with Crippen LogP contribution in [0.3, 0.4) is 0 Å². The molecule has 0 saturated heterocycles. The molecule has 3 aromatic carbocycles. The van der Waals surface area contributed by atoms with E-state index in [9.17, 15) is 9.18 Å². The Morgan fingerprint density at radius 3 is 2.72 bits per heavy atom. The lowest BCUT2D eigenvalue weighted by Crippen LogP contribution is -2.08. The third-order valence-corrected chi connectivity index (χ3v) is 4.82. The monoisotopic (exact) mass is 443 g/mol. The highest BCUT2D eigenvalue weighted by molar-refractivity contribution is 6.31. The zero-order valence-electron chi connectivity index (χ0n) is 16.5. The van der Waals surface area contributed by atoms with Gasteiger partial charge < -0.3 is 10.6 Å². The third-order valence-electron chi connectivity index (χ3n) is 4.53. The van der Waals surface area contributed by atoms with Crippen LogP contribution in [0, 0.1) is 17.1 Å². The minimum absolute atomic E-state index is 0.00610. The topological polar surface area (TPSA) is 90.7 Å². The number of rotatable bonds is 5. The Morgan fingerprint density at radius 1 is 1.06 bits per heavy atom. The molecule has 0 fully saturated rings. The van der Waals surface area contributed by atoms with Crippen molar-refractivity contribution in [2.24, 2.45) is 0 Å². The molecule has 4 rings (SSSR count). The molecule has 0 unspecified atom stereocenters. The van der Waals surface area contributed by atoms with Gasteiger partial charge in [0.15, 0.2) is 0 Å². The fraction of sp³-hybridized carbons (Fsp3) is 0. The summed E-state index contributed by atoms with van der Waals surface area (Å²) < 4.78 is 13.4. The third kappa shape index (κ3) is 4.89. The summed E-state index contributed by atoms with van der Waals surface area (Å²) in [5.41, 5.74) is 3.04. The highest BCUT2D eigenvalue weighted by Crippen LogP contribution is 2.27. The fourth-order valence-electron chi connectivity index (χ4n) is 3.01. The molecule has 8 heteroatoms. The largest absolute Gasteiger partial charge is 0.340 e. The molecule has 1 amide bonds. The van der Waals surface area contributed by atoms with E-state index in [0.29, 0.717) is 33.7 Å².